The van der Waals surface area contributed by atoms with Gasteiger partial charge in [0, 0.05) is 33.7 Å². The van der Waals surface area contributed by atoms with Gasteiger partial charge in [-0.1, -0.05) is 5.16 Å². The first-order valence-electron chi connectivity index (χ1n) is 7.93. The lowest BCUT2D eigenvalue weighted by atomic mass is 9.78. The number of aryl methyl sites for hydroxylation is 1. The molecule has 2 aliphatic heterocycles. The van der Waals surface area contributed by atoms with Crippen molar-refractivity contribution < 1.29 is 14.1 Å². The first-order valence-corrected chi connectivity index (χ1v) is 7.93. The average Bonchev–Trinajstić information content (AvgIpc) is 3.09. The molecule has 3 rings (SSSR count). The molecule has 1 amide bonds. The van der Waals surface area contributed by atoms with E-state index in [9.17, 15) is 4.79 Å². The molecule has 2 aliphatic rings. The van der Waals surface area contributed by atoms with E-state index in [2.05, 4.69) is 15.0 Å². The summed E-state index contributed by atoms with van der Waals surface area (Å²) >= 11 is 0. The van der Waals surface area contributed by atoms with Crippen molar-refractivity contribution in [1.29, 1.82) is 0 Å². The highest BCUT2D eigenvalue weighted by atomic mass is 16.5. The van der Waals surface area contributed by atoms with Gasteiger partial charge >= 0.3 is 0 Å². The zero-order chi connectivity index (χ0) is 15.6. The Morgan fingerprint density at radius 1 is 1.36 bits per heavy atom. The molecule has 0 bridgehead atoms. The number of ether oxygens (including phenoxy) is 1. The molecule has 122 valence electrons. The largest absolute Gasteiger partial charge is 0.383 e. The number of hydrogen-bond acceptors (Lipinski definition) is 6. The van der Waals surface area contributed by atoms with Gasteiger partial charge < -0.3 is 14.2 Å². The minimum Gasteiger partial charge on any atom is -0.383 e. The lowest BCUT2D eigenvalue weighted by Crippen LogP contribution is -2.50. The first-order chi connectivity index (χ1) is 10.6. The third kappa shape index (κ3) is 3.01. The van der Waals surface area contributed by atoms with Crippen LogP contribution in [0.1, 0.15) is 31.0 Å². The fourth-order valence-electron chi connectivity index (χ4n) is 3.64. The SMILES string of the molecule is COCCN1CCCC2(CCN(Cc3noc(C)n3)C2)C1=O. The Morgan fingerprint density at radius 3 is 2.95 bits per heavy atom. The Bertz CT molecular complexity index is 533. The third-order valence-corrected chi connectivity index (χ3v) is 4.76. The smallest absolute Gasteiger partial charge is 0.230 e. The van der Waals surface area contributed by atoms with Crippen molar-refractivity contribution >= 4 is 5.91 Å². The van der Waals surface area contributed by atoms with E-state index in [4.69, 9.17) is 9.26 Å². The zero-order valence-corrected chi connectivity index (χ0v) is 13.4. The van der Waals surface area contributed by atoms with Crippen LogP contribution in [-0.4, -0.2) is 65.7 Å². The Morgan fingerprint density at radius 2 is 2.23 bits per heavy atom. The van der Waals surface area contributed by atoms with Crippen LogP contribution < -0.4 is 0 Å². The molecule has 1 spiro atoms. The van der Waals surface area contributed by atoms with Crippen LogP contribution >= 0.6 is 0 Å². The molecule has 0 radical (unpaired) electrons. The summed E-state index contributed by atoms with van der Waals surface area (Å²) in [5.74, 6) is 1.58. The minimum atomic E-state index is -0.217. The molecule has 1 aromatic heterocycles. The second kappa shape index (κ2) is 6.34. The fourth-order valence-corrected chi connectivity index (χ4v) is 3.64. The predicted octanol–water partition coefficient (Wildman–Crippen LogP) is 0.839. The molecule has 0 aromatic carbocycles. The van der Waals surface area contributed by atoms with Crippen molar-refractivity contribution in [3.63, 3.8) is 0 Å². The fraction of sp³-hybridized carbons (Fsp3) is 0.800. The highest BCUT2D eigenvalue weighted by Crippen LogP contribution is 2.40. The summed E-state index contributed by atoms with van der Waals surface area (Å²) < 4.78 is 10.1. The van der Waals surface area contributed by atoms with Gasteiger partial charge in [0.05, 0.1) is 18.6 Å². The van der Waals surface area contributed by atoms with E-state index in [0.717, 1.165) is 38.9 Å². The van der Waals surface area contributed by atoms with Crippen molar-refractivity contribution in [3.8, 4) is 0 Å². The number of amides is 1. The van der Waals surface area contributed by atoms with Crippen LogP contribution in [0.2, 0.25) is 0 Å². The van der Waals surface area contributed by atoms with Gasteiger partial charge in [0.15, 0.2) is 5.82 Å². The molecule has 3 heterocycles. The summed E-state index contributed by atoms with van der Waals surface area (Å²) in [7, 11) is 1.67. The van der Waals surface area contributed by atoms with Crippen LogP contribution in [0.15, 0.2) is 4.52 Å². The quantitative estimate of drug-likeness (QED) is 0.802. The van der Waals surface area contributed by atoms with E-state index in [1.807, 2.05) is 4.90 Å². The second-order valence-electron chi connectivity index (χ2n) is 6.36. The maximum atomic E-state index is 12.9. The van der Waals surface area contributed by atoms with Gasteiger partial charge in [0.2, 0.25) is 11.8 Å². The van der Waals surface area contributed by atoms with Crippen LogP contribution in [0.3, 0.4) is 0 Å². The van der Waals surface area contributed by atoms with Gasteiger partial charge in [-0.15, -0.1) is 0 Å². The molecule has 1 atom stereocenters. The summed E-state index contributed by atoms with van der Waals surface area (Å²) in [5, 5.41) is 3.95. The van der Waals surface area contributed by atoms with E-state index < -0.39 is 0 Å². The molecular formula is C15H24N4O3. The Kier molecular flexibility index (Phi) is 4.44. The van der Waals surface area contributed by atoms with Gasteiger partial charge in [0.1, 0.15) is 0 Å². The van der Waals surface area contributed by atoms with Gasteiger partial charge in [0.25, 0.3) is 0 Å². The predicted molar refractivity (Wildman–Crippen MR) is 79.1 cm³/mol. The van der Waals surface area contributed by atoms with Gasteiger partial charge in [-0.05, 0) is 25.8 Å². The van der Waals surface area contributed by atoms with Gasteiger partial charge in [-0.2, -0.15) is 4.98 Å². The van der Waals surface area contributed by atoms with E-state index in [1.165, 1.54) is 0 Å². The molecule has 0 aliphatic carbocycles. The minimum absolute atomic E-state index is 0.217. The van der Waals surface area contributed by atoms with E-state index in [0.29, 0.717) is 37.3 Å². The number of carbonyl (C=O) groups is 1. The van der Waals surface area contributed by atoms with Crippen LogP contribution in [0.5, 0.6) is 0 Å². The van der Waals surface area contributed by atoms with Crippen LogP contribution in [-0.2, 0) is 16.1 Å². The van der Waals surface area contributed by atoms with Crippen LogP contribution in [0.25, 0.3) is 0 Å². The highest BCUT2D eigenvalue weighted by Gasteiger charge is 2.48. The Balaban J connectivity index is 1.63. The molecule has 0 N–H and O–H groups in total. The summed E-state index contributed by atoms with van der Waals surface area (Å²) in [5.41, 5.74) is -0.217. The Hall–Kier alpha value is -1.47. The number of hydrogen-bond donors (Lipinski definition) is 0. The Labute approximate surface area is 130 Å². The number of piperidine rings is 1. The molecule has 7 heteroatoms. The third-order valence-electron chi connectivity index (χ3n) is 4.76. The number of aromatic nitrogens is 2. The summed E-state index contributed by atoms with van der Waals surface area (Å²) in [4.78, 5) is 21.3. The molecular weight excluding hydrogens is 284 g/mol. The monoisotopic (exact) mass is 308 g/mol. The lowest BCUT2D eigenvalue weighted by Gasteiger charge is -2.39. The van der Waals surface area contributed by atoms with E-state index in [1.54, 1.807) is 14.0 Å². The highest BCUT2D eigenvalue weighted by molar-refractivity contribution is 5.84. The molecule has 2 fully saturated rings. The van der Waals surface area contributed by atoms with E-state index >= 15 is 0 Å². The number of rotatable bonds is 5. The standard InChI is InChI=1S/C15H24N4O3/c1-12-16-13(17-22-12)10-18-7-5-15(11-18)4-3-6-19(14(15)20)8-9-21-2/h3-11H2,1-2H3. The second-order valence-corrected chi connectivity index (χ2v) is 6.36. The number of likely N-dealkylation sites (tertiary alicyclic amines) is 2. The first kappa shape index (κ1) is 15.4. The number of carbonyl (C=O) groups excluding carboxylic acids is 1. The molecule has 1 aromatic rings. The van der Waals surface area contributed by atoms with Crippen molar-refractivity contribution in [2.75, 3.05) is 39.9 Å². The van der Waals surface area contributed by atoms with E-state index in [-0.39, 0.29) is 5.41 Å². The molecule has 1 unspecified atom stereocenters. The zero-order valence-electron chi connectivity index (χ0n) is 13.4. The summed E-state index contributed by atoms with van der Waals surface area (Å²) in [6.07, 6.45) is 2.98. The maximum Gasteiger partial charge on any atom is 0.230 e. The number of methoxy groups -OCH3 is 1. The van der Waals surface area contributed by atoms with Crippen molar-refractivity contribution in [2.45, 2.75) is 32.7 Å². The van der Waals surface area contributed by atoms with Crippen molar-refractivity contribution in [3.05, 3.63) is 11.7 Å². The van der Waals surface area contributed by atoms with Gasteiger partial charge in [-0.25, -0.2) is 0 Å². The maximum absolute atomic E-state index is 12.9. The topological polar surface area (TPSA) is 71.7 Å². The lowest BCUT2D eigenvalue weighted by molar-refractivity contribution is -0.146. The van der Waals surface area contributed by atoms with Crippen molar-refractivity contribution in [2.24, 2.45) is 5.41 Å². The summed E-state index contributed by atoms with van der Waals surface area (Å²) in [6, 6.07) is 0. The molecule has 2 saturated heterocycles. The van der Waals surface area contributed by atoms with Crippen molar-refractivity contribution in [1.82, 2.24) is 19.9 Å². The van der Waals surface area contributed by atoms with Gasteiger partial charge in [-0.3, -0.25) is 9.69 Å². The molecule has 7 nitrogen and oxygen atoms in total. The molecule has 0 saturated carbocycles. The number of nitrogens with zero attached hydrogens (tertiary/aromatic N) is 4. The van der Waals surface area contributed by atoms with Crippen LogP contribution in [0, 0.1) is 12.3 Å². The molecule has 22 heavy (non-hydrogen) atoms. The van der Waals surface area contributed by atoms with Crippen LogP contribution in [0.4, 0.5) is 0 Å². The summed E-state index contributed by atoms with van der Waals surface area (Å²) in [6.45, 7) is 6.31. The normalized spacial score (nSPS) is 26.3. The average molecular weight is 308 g/mol.